The van der Waals surface area contributed by atoms with E-state index in [0.29, 0.717) is 5.56 Å². The molecular formula is C17H23N3O. The van der Waals surface area contributed by atoms with Gasteiger partial charge in [-0.25, -0.2) is 4.98 Å². The van der Waals surface area contributed by atoms with Gasteiger partial charge in [0.25, 0.3) is 5.91 Å². The summed E-state index contributed by atoms with van der Waals surface area (Å²) in [5.74, 6) is 1.16. The highest BCUT2D eigenvalue weighted by atomic mass is 16.1. The highest BCUT2D eigenvalue weighted by Crippen LogP contribution is 2.22. The van der Waals surface area contributed by atoms with E-state index in [1.807, 2.05) is 25.1 Å². The Morgan fingerprint density at radius 2 is 2.24 bits per heavy atom. The first-order chi connectivity index (χ1) is 10.2. The molecule has 0 saturated heterocycles. The molecule has 0 saturated carbocycles. The number of carbonyl (C=O) groups excluding carboxylic acids is 1. The molecule has 1 aliphatic heterocycles. The van der Waals surface area contributed by atoms with Crippen LogP contribution in [-0.4, -0.2) is 21.5 Å². The van der Waals surface area contributed by atoms with Crippen LogP contribution < -0.4 is 5.32 Å². The van der Waals surface area contributed by atoms with E-state index in [4.69, 9.17) is 4.98 Å². The first-order valence-corrected chi connectivity index (χ1v) is 7.99. The van der Waals surface area contributed by atoms with Crippen molar-refractivity contribution in [2.75, 3.05) is 0 Å². The number of amides is 1. The number of nitrogens with one attached hydrogen (secondary N) is 1. The predicted octanol–water partition coefficient (Wildman–Crippen LogP) is 3.29. The Balaban J connectivity index is 1.92. The lowest BCUT2D eigenvalue weighted by molar-refractivity contribution is 0.0939. The maximum atomic E-state index is 12.2. The van der Waals surface area contributed by atoms with E-state index in [0.717, 1.165) is 30.4 Å². The van der Waals surface area contributed by atoms with Gasteiger partial charge in [0.2, 0.25) is 0 Å². The van der Waals surface area contributed by atoms with Gasteiger partial charge in [-0.1, -0.05) is 13.3 Å². The highest BCUT2D eigenvalue weighted by Gasteiger charge is 2.15. The van der Waals surface area contributed by atoms with Crippen LogP contribution in [0.15, 0.2) is 18.2 Å². The third-order valence-corrected chi connectivity index (χ3v) is 4.36. The summed E-state index contributed by atoms with van der Waals surface area (Å²) < 4.78 is 2.32. The second-order valence-corrected chi connectivity index (χ2v) is 5.98. The molecular weight excluding hydrogens is 262 g/mol. The standard InChI is InChI=1S/C17H23N3O/c1-3-12(2)18-17(21)13-8-9-15-14(11-13)19-16-7-5-4-6-10-20(15)16/h8-9,11-12H,3-7,10H2,1-2H3,(H,18,21). The molecule has 1 aromatic carbocycles. The van der Waals surface area contributed by atoms with E-state index in [2.05, 4.69) is 16.8 Å². The summed E-state index contributed by atoms with van der Waals surface area (Å²) in [4.78, 5) is 16.9. The molecule has 1 atom stereocenters. The minimum atomic E-state index is -0.00514. The van der Waals surface area contributed by atoms with Crippen LogP contribution >= 0.6 is 0 Å². The molecule has 112 valence electrons. The molecule has 4 heteroatoms. The molecule has 1 amide bonds. The molecule has 4 nitrogen and oxygen atoms in total. The zero-order chi connectivity index (χ0) is 14.8. The molecule has 1 unspecified atom stereocenters. The van der Waals surface area contributed by atoms with Crippen LogP contribution in [0.25, 0.3) is 11.0 Å². The lowest BCUT2D eigenvalue weighted by atomic mass is 10.1. The minimum absolute atomic E-state index is 0.00514. The number of imidazole rings is 1. The maximum Gasteiger partial charge on any atom is 0.251 e. The van der Waals surface area contributed by atoms with Crippen molar-refractivity contribution >= 4 is 16.9 Å². The van der Waals surface area contributed by atoms with Gasteiger partial charge in [-0.05, 0) is 44.4 Å². The second-order valence-electron chi connectivity index (χ2n) is 5.98. The van der Waals surface area contributed by atoms with Gasteiger partial charge in [-0.3, -0.25) is 4.79 Å². The predicted molar refractivity (Wildman–Crippen MR) is 84.5 cm³/mol. The molecule has 21 heavy (non-hydrogen) atoms. The van der Waals surface area contributed by atoms with Gasteiger partial charge in [0.15, 0.2) is 0 Å². The van der Waals surface area contributed by atoms with Crippen molar-refractivity contribution in [3.8, 4) is 0 Å². The summed E-state index contributed by atoms with van der Waals surface area (Å²) in [6.07, 6.45) is 5.69. The highest BCUT2D eigenvalue weighted by molar-refractivity contribution is 5.97. The molecule has 2 heterocycles. The average molecular weight is 285 g/mol. The first-order valence-electron chi connectivity index (χ1n) is 7.99. The molecule has 0 fully saturated rings. The van der Waals surface area contributed by atoms with Crippen molar-refractivity contribution < 1.29 is 4.79 Å². The normalized spacial score (nSPS) is 16.3. The molecule has 0 radical (unpaired) electrons. The number of hydrogen-bond acceptors (Lipinski definition) is 2. The Morgan fingerprint density at radius 3 is 3.05 bits per heavy atom. The summed E-state index contributed by atoms with van der Waals surface area (Å²) in [6, 6.07) is 6.09. The Morgan fingerprint density at radius 1 is 1.38 bits per heavy atom. The Kier molecular flexibility index (Phi) is 3.95. The van der Waals surface area contributed by atoms with E-state index in [1.165, 1.54) is 25.1 Å². The van der Waals surface area contributed by atoms with E-state index >= 15 is 0 Å². The van der Waals surface area contributed by atoms with Gasteiger partial charge < -0.3 is 9.88 Å². The zero-order valence-electron chi connectivity index (χ0n) is 12.9. The smallest absolute Gasteiger partial charge is 0.251 e. The van der Waals surface area contributed by atoms with Gasteiger partial charge in [0.05, 0.1) is 11.0 Å². The number of nitrogens with zero attached hydrogens (tertiary/aromatic N) is 2. The maximum absolute atomic E-state index is 12.2. The summed E-state index contributed by atoms with van der Waals surface area (Å²) in [5, 5.41) is 3.01. The third kappa shape index (κ3) is 2.80. The van der Waals surface area contributed by atoms with Crippen molar-refractivity contribution in [3.63, 3.8) is 0 Å². The van der Waals surface area contributed by atoms with E-state index in [9.17, 15) is 4.79 Å². The number of benzene rings is 1. The van der Waals surface area contributed by atoms with Crippen LogP contribution in [-0.2, 0) is 13.0 Å². The van der Waals surface area contributed by atoms with Crippen molar-refractivity contribution in [3.05, 3.63) is 29.6 Å². The summed E-state index contributed by atoms with van der Waals surface area (Å²) >= 11 is 0. The fourth-order valence-electron chi connectivity index (χ4n) is 2.90. The molecule has 1 aromatic heterocycles. The van der Waals surface area contributed by atoms with Crippen molar-refractivity contribution in [2.45, 2.75) is 58.5 Å². The average Bonchev–Trinajstić information content (AvgIpc) is 2.67. The number of rotatable bonds is 3. The summed E-state index contributed by atoms with van der Waals surface area (Å²) in [5.41, 5.74) is 2.81. The van der Waals surface area contributed by atoms with Gasteiger partial charge in [-0.2, -0.15) is 0 Å². The van der Waals surface area contributed by atoms with Gasteiger partial charge in [0.1, 0.15) is 5.82 Å². The number of carbonyl (C=O) groups is 1. The van der Waals surface area contributed by atoms with Gasteiger partial charge in [-0.15, -0.1) is 0 Å². The Labute approximate surface area is 125 Å². The van der Waals surface area contributed by atoms with E-state index < -0.39 is 0 Å². The van der Waals surface area contributed by atoms with Crippen LogP contribution in [0.3, 0.4) is 0 Å². The fraction of sp³-hybridized carbons (Fsp3) is 0.529. The molecule has 1 N–H and O–H groups in total. The number of aryl methyl sites for hydroxylation is 2. The third-order valence-electron chi connectivity index (χ3n) is 4.36. The van der Waals surface area contributed by atoms with Crippen LogP contribution in [0, 0.1) is 0 Å². The second kappa shape index (κ2) is 5.88. The monoisotopic (exact) mass is 285 g/mol. The largest absolute Gasteiger partial charge is 0.350 e. The molecule has 0 spiro atoms. The fourth-order valence-corrected chi connectivity index (χ4v) is 2.90. The molecule has 1 aliphatic rings. The molecule has 0 aliphatic carbocycles. The number of fused-ring (bicyclic) bond motifs is 3. The summed E-state index contributed by atoms with van der Waals surface area (Å²) in [6.45, 7) is 5.14. The van der Waals surface area contributed by atoms with Crippen LogP contribution in [0.1, 0.15) is 55.7 Å². The van der Waals surface area contributed by atoms with Crippen molar-refractivity contribution in [1.29, 1.82) is 0 Å². The molecule has 0 bridgehead atoms. The van der Waals surface area contributed by atoms with Crippen molar-refractivity contribution in [1.82, 2.24) is 14.9 Å². The molecule has 3 rings (SSSR count). The quantitative estimate of drug-likeness (QED) is 0.940. The van der Waals surface area contributed by atoms with E-state index in [-0.39, 0.29) is 11.9 Å². The number of hydrogen-bond donors (Lipinski definition) is 1. The Bertz CT molecular complexity index is 659. The van der Waals surface area contributed by atoms with E-state index in [1.54, 1.807) is 0 Å². The Hall–Kier alpha value is -1.84. The van der Waals surface area contributed by atoms with Crippen LogP contribution in [0.2, 0.25) is 0 Å². The number of aromatic nitrogens is 2. The van der Waals surface area contributed by atoms with Crippen LogP contribution in [0.5, 0.6) is 0 Å². The zero-order valence-corrected chi connectivity index (χ0v) is 12.9. The van der Waals surface area contributed by atoms with Crippen molar-refractivity contribution in [2.24, 2.45) is 0 Å². The minimum Gasteiger partial charge on any atom is -0.350 e. The molecule has 2 aromatic rings. The topological polar surface area (TPSA) is 46.9 Å². The SMILES string of the molecule is CCC(C)NC(=O)c1ccc2c(c1)nc1n2CCCCC1. The lowest BCUT2D eigenvalue weighted by Crippen LogP contribution is -2.31. The lowest BCUT2D eigenvalue weighted by Gasteiger charge is -2.11. The first kappa shape index (κ1) is 14.1. The van der Waals surface area contributed by atoms with Gasteiger partial charge >= 0.3 is 0 Å². The summed E-state index contributed by atoms with van der Waals surface area (Å²) in [7, 11) is 0. The van der Waals surface area contributed by atoms with Gasteiger partial charge in [0, 0.05) is 24.6 Å². The van der Waals surface area contributed by atoms with Crippen LogP contribution in [0.4, 0.5) is 0 Å².